The number of carboxylic acid groups (broad SMARTS) is 1. The van der Waals surface area contributed by atoms with Crippen LogP contribution in [0.1, 0.15) is 83.3 Å². The van der Waals surface area contributed by atoms with Gasteiger partial charge in [-0.15, -0.1) is 0 Å². The van der Waals surface area contributed by atoms with Gasteiger partial charge in [0.2, 0.25) is 11.7 Å². The Hall–Kier alpha value is -3.41. The number of Topliss-reactive ketones (excluding diaryl/α,β-unsaturated/α-hetero) is 1. The molecule has 1 aromatic rings. The standard InChI is InChI=1S/C34H43NO10/c1-32-14-12-21(36)16-20(32)8-9-22-23-13-15-34(44,33(23,2)17-24(37)28(22)32)25(38)18-45-27(40)11-10-26(39)35-29(31(42)43)30(41)19-6-4-3-5-7-19/h3-7,16,22-24,28-30,37,41,44H,8-15,17-18H2,1-2H3,(H,35,39)(H,42,43)/t22?,23?,24-,28?,29?,30?,32-,33-,34-/m0/s1. The fourth-order valence-electron chi connectivity index (χ4n) is 9.07. The summed E-state index contributed by atoms with van der Waals surface area (Å²) in [4.78, 5) is 62.2. The zero-order valence-electron chi connectivity index (χ0n) is 25.7. The van der Waals surface area contributed by atoms with Crippen molar-refractivity contribution in [3.63, 3.8) is 0 Å². The number of carbonyl (C=O) groups excluding carboxylic acids is 4. The molecule has 5 rings (SSSR count). The van der Waals surface area contributed by atoms with Crippen LogP contribution in [0.2, 0.25) is 0 Å². The molecular weight excluding hydrogens is 582 g/mol. The van der Waals surface area contributed by atoms with Gasteiger partial charge in [0.1, 0.15) is 11.7 Å². The summed E-state index contributed by atoms with van der Waals surface area (Å²) in [5, 5.41) is 45.5. The molecule has 11 nitrogen and oxygen atoms in total. The highest BCUT2D eigenvalue weighted by Gasteiger charge is 2.68. The van der Waals surface area contributed by atoms with Crippen LogP contribution in [0.4, 0.5) is 0 Å². The Labute approximate surface area is 262 Å². The normalized spacial score (nSPS) is 35.1. The van der Waals surface area contributed by atoms with Crippen LogP contribution in [0.5, 0.6) is 0 Å². The third-order valence-corrected chi connectivity index (χ3v) is 11.5. The van der Waals surface area contributed by atoms with Gasteiger partial charge in [0.05, 0.1) is 12.5 Å². The lowest BCUT2D eigenvalue weighted by Gasteiger charge is -2.60. The number of aliphatic hydroxyl groups is 3. The molecule has 0 aliphatic heterocycles. The second kappa shape index (κ2) is 12.4. The molecule has 0 radical (unpaired) electrons. The minimum Gasteiger partial charge on any atom is -0.480 e. The number of allylic oxidation sites excluding steroid dienone is 1. The summed E-state index contributed by atoms with van der Waals surface area (Å²) in [5.74, 6) is -3.66. The van der Waals surface area contributed by atoms with E-state index in [-0.39, 0.29) is 41.8 Å². The Balaban J connectivity index is 1.17. The van der Waals surface area contributed by atoms with E-state index in [9.17, 15) is 44.4 Å². The molecule has 11 heteroatoms. The predicted octanol–water partition coefficient (Wildman–Crippen LogP) is 2.42. The van der Waals surface area contributed by atoms with Crippen LogP contribution >= 0.6 is 0 Å². The number of aliphatic carboxylic acids is 1. The number of carboxylic acids is 1. The first-order valence-corrected chi connectivity index (χ1v) is 15.8. The number of hydrogen-bond donors (Lipinski definition) is 5. The van der Waals surface area contributed by atoms with Crippen LogP contribution in [0, 0.1) is 28.6 Å². The van der Waals surface area contributed by atoms with Crippen molar-refractivity contribution in [2.24, 2.45) is 28.6 Å². The molecule has 9 atom stereocenters. The zero-order chi connectivity index (χ0) is 32.7. The van der Waals surface area contributed by atoms with Gasteiger partial charge < -0.3 is 30.5 Å². The maximum absolute atomic E-state index is 13.5. The van der Waals surface area contributed by atoms with E-state index < -0.39 is 72.3 Å². The highest BCUT2D eigenvalue weighted by Crippen LogP contribution is 2.67. The molecule has 0 saturated heterocycles. The number of hydrogen-bond acceptors (Lipinski definition) is 9. The summed E-state index contributed by atoms with van der Waals surface area (Å²) in [6.07, 6.45) is 2.23. The van der Waals surface area contributed by atoms with Crippen LogP contribution < -0.4 is 5.32 Å². The number of ether oxygens (including phenoxy) is 1. The first kappa shape index (κ1) is 33.0. The fourth-order valence-corrected chi connectivity index (χ4v) is 9.07. The van der Waals surface area contributed by atoms with Gasteiger partial charge in [0.15, 0.2) is 18.4 Å². The Morgan fingerprint density at radius 3 is 2.44 bits per heavy atom. The van der Waals surface area contributed by atoms with Gasteiger partial charge in [0.25, 0.3) is 0 Å². The van der Waals surface area contributed by atoms with E-state index in [2.05, 4.69) is 12.2 Å². The molecular formula is C34H43NO10. The lowest BCUT2D eigenvalue weighted by atomic mass is 9.45. The largest absolute Gasteiger partial charge is 0.480 e. The Morgan fingerprint density at radius 1 is 1.04 bits per heavy atom. The second-order valence-corrected chi connectivity index (χ2v) is 13.8. The highest BCUT2D eigenvalue weighted by atomic mass is 16.5. The smallest absolute Gasteiger partial charge is 0.329 e. The van der Waals surface area contributed by atoms with Crippen LogP contribution in [0.15, 0.2) is 42.0 Å². The van der Waals surface area contributed by atoms with E-state index in [4.69, 9.17) is 4.74 Å². The van der Waals surface area contributed by atoms with Crippen molar-refractivity contribution >= 4 is 29.4 Å². The summed E-state index contributed by atoms with van der Waals surface area (Å²) in [6.45, 7) is 3.28. The number of ketones is 2. The zero-order valence-corrected chi connectivity index (χ0v) is 25.7. The van der Waals surface area contributed by atoms with E-state index >= 15 is 0 Å². The average molecular weight is 626 g/mol. The summed E-state index contributed by atoms with van der Waals surface area (Å²) in [6, 6.07) is 6.35. The topological polar surface area (TPSA) is 188 Å². The maximum Gasteiger partial charge on any atom is 0.329 e. The minimum absolute atomic E-state index is 0.0244. The summed E-state index contributed by atoms with van der Waals surface area (Å²) < 4.78 is 5.16. The second-order valence-electron chi connectivity index (χ2n) is 13.8. The Kier molecular flexibility index (Phi) is 9.09. The maximum atomic E-state index is 13.5. The molecule has 244 valence electrons. The van der Waals surface area contributed by atoms with Gasteiger partial charge in [-0.2, -0.15) is 0 Å². The van der Waals surface area contributed by atoms with Crippen molar-refractivity contribution < 1.29 is 49.1 Å². The van der Waals surface area contributed by atoms with Gasteiger partial charge in [-0.25, -0.2) is 4.79 Å². The van der Waals surface area contributed by atoms with Crippen LogP contribution in [-0.2, 0) is 28.7 Å². The van der Waals surface area contributed by atoms with Crippen molar-refractivity contribution in [3.8, 4) is 0 Å². The monoisotopic (exact) mass is 625 g/mol. The number of rotatable bonds is 10. The van der Waals surface area contributed by atoms with Crippen molar-refractivity contribution in [2.45, 2.75) is 95.5 Å². The molecule has 5 unspecified atom stereocenters. The molecule has 4 aliphatic rings. The van der Waals surface area contributed by atoms with Crippen LogP contribution in [-0.4, -0.2) is 74.2 Å². The predicted molar refractivity (Wildman–Crippen MR) is 159 cm³/mol. The molecule has 0 aromatic heterocycles. The SMILES string of the molecule is C[C@]12CCC(=O)C=C1CCC1C2[C@@H](O)C[C@@]2(C)C1CC[C@]2(O)C(=O)COC(=O)CCC(=O)NC(C(=O)O)C(O)c1ccccc1. The molecule has 0 heterocycles. The number of benzene rings is 1. The molecule has 3 fully saturated rings. The Morgan fingerprint density at radius 2 is 1.76 bits per heavy atom. The molecule has 3 saturated carbocycles. The molecule has 0 bridgehead atoms. The van der Waals surface area contributed by atoms with Crippen molar-refractivity contribution in [1.29, 1.82) is 0 Å². The molecule has 5 N–H and O–H groups in total. The first-order chi connectivity index (χ1) is 21.2. The lowest BCUT2D eigenvalue weighted by molar-refractivity contribution is -0.184. The first-order valence-electron chi connectivity index (χ1n) is 15.8. The van der Waals surface area contributed by atoms with Gasteiger partial charge in [-0.05, 0) is 73.3 Å². The number of fused-ring (bicyclic) bond motifs is 5. The molecule has 4 aliphatic carbocycles. The van der Waals surface area contributed by atoms with E-state index in [0.29, 0.717) is 24.8 Å². The number of carbonyl (C=O) groups is 5. The summed E-state index contributed by atoms with van der Waals surface area (Å²) in [5.41, 5.74) is -1.63. The van der Waals surface area contributed by atoms with Crippen molar-refractivity contribution in [1.82, 2.24) is 5.32 Å². The number of esters is 1. The van der Waals surface area contributed by atoms with Crippen LogP contribution in [0.3, 0.4) is 0 Å². The fraction of sp³-hybridized carbons (Fsp3) is 0.618. The molecule has 0 spiro atoms. The van der Waals surface area contributed by atoms with Gasteiger partial charge >= 0.3 is 11.9 Å². The lowest BCUT2D eigenvalue weighted by Crippen LogP contribution is -2.62. The van der Waals surface area contributed by atoms with Crippen molar-refractivity contribution in [3.05, 3.63) is 47.5 Å². The quantitative estimate of drug-likeness (QED) is 0.242. The average Bonchev–Trinajstić information content (AvgIpc) is 3.28. The summed E-state index contributed by atoms with van der Waals surface area (Å²) in [7, 11) is 0. The molecule has 1 amide bonds. The van der Waals surface area contributed by atoms with E-state index in [1.165, 1.54) is 12.1 Å². The third-order valence-electron chi connectivity index (χ3n) is 11.5. The van der Waals surface area contributed by atoms with Gasteiger partial charge in [-0.1, -0.05) is 49.8 Å². The number of amides is 1. The molecule has 1 aromatic carbocycles. The summed E-state index contributed by atoms with van der Waals surface area (Å²) >= 11 is 0. The highest BCUT2D eigenvalue weighted by molar-refractivity contribution is 5.92. The van der Waals surface area contributed by atoms with Crippen molar-refractivity contribution in [2.75, 3.05) is 6.61 Å². The third kappa shape index (κ3) is 5.86. The minimum atomic E-state index is -1.80. The Bertz CT molecular complexity index is 1390. The number of aliphatic hydroxyl groups excluding tert-OH is 2. The van der Waals surface area contributed by atoms with E-state index in [1.807, 2.05) is 6.92 Å². The van der Waals surface area contributed by atoms with Gasteiger partial charge in [0, 0.05) is 18.3 Å². The molecule has 45 heavy (non-hydrogen) atoms. The van der Waals surface area contributed by atoms with Gasteiger partial charge in [-0.3, -0.25) is 19.2 Å². The van der Waals surface area contributed by atoms with E-state index in [1.54, 1.807) is 24.3 Å². The number of nitrogens with one attached hydrogen (secondary N) is 1. The van der Waals surface area contributed by atoms with E-state index in [0.717, 1.165) is 18.4 Å². The van der Waals surface area contributed by atoms with Crippen LogP contribution in [0.25, 0.3) is 0 Å².